The molecule has 1 aromatic carbocycles. The van der Waals surface area contributed by atoms with Gasteiger partial charge >= 0.3 is 0 Å². The highest BCUT2D eigenvalue weighted by atomic mass is 16.8. The Morgan fingerprint density at radius 1 is 0.550 bits per heavy atom. The molecular formula is C64H103N5O31. The molecule has 0 spiro atoms. The molecule has 570 valence electrons. The zero-order valence-electron chi connectivity index (χ0n) is 57.1. The molecule has 5 aliphatic rings. The third kappa shape index (κ3) is 22.7. The van der Waals surface area contributed by atoms with Crippen molar-refractivity contribution in [3.8, 4) is 17.6 Å². The highest BCUT2D eigenvalue weighted by Crippen LogP contribution is 2.36. The third-order valence-electron chi connectivity index (χ3n) is 17.4. The number of benzene rings is 1. The SMILES string of the molecule is CCCCCCC#CCCCOc1cccc(C(=O)N[C@@H]2C(O[C@H]3C(O)C(NC(C)=O)[C@H](OC4C(CO)O[C@@H](O[C@H]5C(O)C(NC(C)=O)C(OC(CO)C(CO[C@@H]6OC(C)C(O)[C@H](O)[C@H]6OC)OC(O)[C@H](C)NC(C)=O)O[C@H]5CO)[C@@H](NC(C)=O)[C@H]4O)O[C@H]3CO)OC(CO)[C@@H](O)[C@@H]2O)c1. The predicted octanol–water partition coefficient (Wildman–Crippen LogP) is -6.64. The largest absolute Gasteiger partial charge is 0.494 e. The minimum Gasteiger partial charge on any atom is -0.494 e. The van der Waals surface area contributed by atoms with Gasteiger partial charge in [0.15, 0.2) is 37.7 Å². The van der Waals surface area contributed by atoms with Crippen LogP contribution in [-0.4, -0.2) is 327 Å². The van der Waals surface area contributed by atoms with Crippen LogP contribution in [0.15, 0.2) is 24.3 Å². The Balaban J connectivity index is 1.20. The summed E-state index contributed by atoms with van der Waals surface area (Å²) in [5, 5.41) is 158. The minimum atomic E-state index is -2.07. The van der Waals surface area contributed by atoms with Gasteiger partial charge in [-0.15, -0.1) is 11.8 Å². The summed E-state index contributed by atoms with van der Waals surface area (Å²) in [6.07, 6.45) is -34.9. The second kappa shape index (κ2) is 40.8. The normalized spacial score (nSPS) is 35.8. The summed E-state index contributed by atoms with van der Waals surface area (Å²) >= 11 is 0. The number of unbranched alkanes of at least 4 members (excludes halogenated alkanes) is 5. The molecule has 29 atom stereocenters. The number of ether oxygens (including phenoxy) is 13. The van der Waals surface area contributed by atoms with Crippen molar-refractivity contribution in [2.24, 2.45) is 0 Å². The Morgan fingerprint density at radius 2 is 1.04 bits per heavy atom. The molecule has 1 aromatic rings. The number of amides is 5. The fourth-order valence-corrected chi connectivity index (χ4v) is 12.1. The first-order chi connectivity index (χ1) is 47.6. The standard InChI is InChI=1S/C64H103N5O31/c1-9-10-11-12-13-14-15-16-17-21-89-36-20-18-19-35(22-36)58(86)69-43-49(81)48(80)38(24-71)94-61(43)98-55-40(26-73)96-63(45(51(55)83)67-33(6)77)100-56-41(27-74)97-62(46(52(56)84)68-34(7)78)99-54-39(25-72)95-60(44(50(54)82)66-32(5)76)93-37(23-70)42(92-59(87)29(2)65-31(4)75)28-90-64-57(88-8)53(85)47(79)30(3)91-64/h18-20,22,29-30,37-57,59-64,70-74,79-85,87H,9-13,16-17,21,23-28H2,1-8H3,(H,65,75)(H,66,76)(H,67,77)(H,68,78)(H,69,86)/t29-,30?,37?,38?,39-,40-,41?,42?,43-,44?,45?,46-,47?,48+,49+,50?,51?,52+,53-,54+,55+,56?,57+,59?,60?,61?,62-,63-,64+/m0/s1. The van der Waals surface area contributed by atoms with Crippen molar-refractivity contribution in [2.75, 3.05) is 53.4 Å². The molecule has 18 N–H and O–H groups in total. The van der Waals surface area contributed by atoms with Crippen LogP contribution in [0, 0.1) is 11.8 Å². The fraction of sp³-hybridized carbons (Fsp3) is 0.797. The van der Waals surface area contributed by atoms with Gasteiger partial charge in [-0.1, -0.05) is 32.3 Å². The summed E-state index contributed by atoms with van der Waals surface area (Å²) < 4.78 is 77.9. The number of hydrogen-bond acceptors (Lipinski definition) is 31. The van der Waals surface area contributed by atoms with Crippen molar-refractivity contribution in [3.05, 3.63) is 29.8 Å². The van der Waals surface area contributed by atoms with E-state index in [0.29, 0.717) is 18.6 Å². The van der Waals surface area contributed by atoms with Crippen LogP contribution in [0.25, 0.3) is 0 Å². The molecule has 6 rings (SSSR count). The van der Waals surface area contributed by atoms with E-state index >= 15 is 0 Å². The van der Waals surface area contributed by atoms with Crippen LogP contribution in [0.1, 0.15) is 104 Å². The van der Waals surface area contributed by atoms with Crippen molar-refractivity contribution < 1.29 is 152 Å². The van der Waals surface area contributed by atoms with Gasteiger partial charge in [0.2, 0.25) is 23.6 Å². The van der Waals surface area contributed by atoms with Crippen molar-refractivity contribution in [1.29, 1.82) is 0 Å². The fourth-order valence-electron chi connectivity index (χ4n) is 12.1. The van der Waals surface area contributed by atoms with E-state index < -0.39 is 247 Å². The van der Waals surface area contributed by atoms with Crippen molar-refractivity contribution in [2.45, 2.75) is 271 Å². The van der Waals surface area contributed by atoms with Crippen LogP contribution in [0.4, 0.5) is 0 Å². The van der Waals surface area contributed by atoms with Gasteiger partial charge in [0.1, 0.15) is 134 Å². The zero-order chi connectivity index (χ0) is 73.7. The molecule has 0 saturated carbocycles. The van der Waals surface area contributed by atoms with Crippen LogP contribution in [0.3, 0.4) is 0 Å². The van der Waals surface area contributed by atoms with E-state index in [1.54, 1.807) is 12.1 Å². The molecule has 5 fully saturated rings. The lowest BCUT2D eigenvalue weighted by atomic mass is 9.93. The lowest BCUT2D eigenvalue weighted by Crippen LogP contribution is -2.72. The minimum absolute atomic E-state index is 0.0345. The first-order valence-corrected chi connectivity index (χ1v) is 33.4. The van der Waals surface area contributed by atoms with Crippen LogP contribution < -0.4 is 31.3 Å². The first kappa shape index (κ1) is 83.9. The van der Waals surface area contributed by atoms with Crippen LogP contribution in [0.2, 0.25) is 0 Å². The summed E-state index contributed by atoms with van der Waals surface area (Å²) in [5.41, 5.74) is 0.0345. The van der Waals surface area contributed by atoms with E-state index in [0.717, 1.165) is 52.9 Å². The Kier molecular flexibility index (Phi) is 34.3. The van der Waals surface area contributed by atoms with Crippen molar-refractivity contribution in [1.82, 2.24) is 26.6 Å². The second-order valence-electron chi connectivity index (χ2n) is 25.1. The maximum Gasteiger partial charge on any atom is 0.251 e. The van der Waals surface area contributed by atoms with Gasteiger partial charge in [-0.05, 0) is 44.9 Å². The highest BCUT2D eigenvalue weighted by molar-refractivity contribution is 5.94. The van der Waals surface area contributed by atoms with Gasteiger partial charge in [0, 0.05) is 53.2 Å². The Hall–Kier alpha value is -5.07. The van der Waals surface area contributed by atoms with E-state index in [9.17, 15) is 90.4 Å². The first-order valence-electron chi connectivity index (χ1n) is 33.4. The topological polar surface area (TPSA) is 528 Å². The molecule has 0 aromatic heterocycles. The van der Waals surface area contributed by atoms with E-state index in [1.807, 2.05) is 0 Å². The monoisotopic (exact) mass is 1440 g/mol. The molecule has 100 heavy (non-hydrogen) atoms. The number of methoxy groups -OCH3 is 1. The van der Waals surface area contributed by atoms with E-state index in [2.05, 4.69) is 45.3 Å². The highest BCUT2D eigenvalue weighted by Gasteiger charge is 2.57. The number of carbonyl (C=O) groups excluding carboxylic acids is 5. The van der Waals surface area contributed by atoms with Gasteiger partial charge < -0.3 is 155 Å². The van der Waals surface area contributed by atoms with Crippen LogP contribution in [0.5, 0.6) is 5.75 Å². The lowest BCUT2D eigenvalue weighted by Gasteiger charge is -2.51. The number of rotatable bonds is 35. The third-order valence-corrected chi connectivity index (χ3v) is 17.4. The Morgan fingerprint density at radius 3 is 1.52 bits per heavy atom. The summed E-state index contributed by atoms with van der Waals surface area (Å²) in [7, 11) is 1.21. The smallest absolute Gasteiger partial charge is 0.251 e. The lowest BCUT2D eigenvalue weighted by molar-refractivity contribution is -0.365. The molecule has 36 nitrogen and oxygen atoms in total. The number of aliphatic hydroxyl groups excluding tert-OH is 13. The Labute approximate surface area is 578 Å². The number of hydrogen-bond donors (Lipinski definition) is 18. The van der Waals surface area contributed by atoms with Gasteiger partial charge in [0.25, 0.3) is 5.91 Å². The number of nitrogens with one attached hydrogen (secondary N) is 5. The molecule has 0 aliphatic carbocycles. The molecule has 5 saturated heterocycles. The van der Waals surface area contributed by atoms with Crippen molar-refractivity contribution >= 4 is 29.5 Å². The summed E-state index contributed by atoms with van der Waals surface area (Å²) in [4.78, 5) is 64.7. The van der Waals surface area contributed by atoms with Crippen LogP contribution in [-0.2, 0) is 76.0 Å². The van der Waals surface area contributed by atoms with Gasteiger partial charge in [-0.3, -0.25) is 24.0 Å². The molecule has 14 unspecified atom stereocenters. The average molecular weight is 1440 g/mol. The quantitative estimate of drug-likeness (QED) is 0.0171. The zero-order valence-corrected chi connectivity index (χ0v) is 57.1. The van der Waals surface area contributed by atoms with Gasteiger partial charge in [-0.2, -0.15) is 0 Å². The molecule has 0 radical (unpaired) electrons. The van der Waals surface area contributed by atoms with E-state index in [-0.39, 0.29) is 12.2 Å². The van der Waals surface area contributed by atoms with Crippen LogP contribution >= 0.6 is 0 Å². The molecule has 5 aliphatic heterocycles. The summed E-state index contributed by atoms with van der Waals surface area (Å²) in [6, 6.07) is -2.00. The molecule has 0 bridgehead atoms. The molecule has 5 heterocycles. The summed E-state index contributed by atoms with van der Waals surface area (Å²) in [5.74, 6) is 2.77. The van der Waals surface area contributed by atoms with E-state index in [4.69, 9.17) is 61.6 Å². The molecular weight excluding hydrogens is 1330 g/mol. The Bertz CT molecular complexity index is 2760. The maximum atomic E-state index is 13.9. The molecule has 36 heteroatoms. The maximum absolute atomic E-state index is 13.9. The van der Waals surface area contributed by atoms with E-state index in [1.165, 1.54) is 40.0 Å². The average Bonchev–Trinajstić information content (AvgIpc) is 0.767. The number of aliphatic hydroxyl groups is 13. The number of carbonyl (C=O) groups is 5. The van der Waals surface area contributed by atoms with Gasteiger partial charge in [-0.25, -0.2) is 0 Å². The molecule has 5 amide bonds. The van der Waals surface area contributed by atoms with Crippen molar-refractivity contribution in [3.63, 3.8) is 0 Å². The van der Waals surface area contributed by atoms with Gasteiger partial charge in [0.05, 0.1) is 58.4 Å². The predicted molar refractivity (Wildman–Crippen MR) is 339 cm³/mol. The second-order valence-corrected chi connectivity index (χ2v) is 25.1. The summed E-state index contributed by atoms with van der Waals surface area (Å²) in [6.45, 7) is 3.91.